The fourth-order valence-electron chi connectivity index (χ4n) is 3.45. The SMILES string of the molecule is CC1(c2ccc(F)cc2)NC(=O)N(CC(=O)N2CCCC2CN)C1=O.Cl. The van der Waals surface area contributed by atoms with Crippen LogP contribution in [0.5, 0.6) is 0 Å². The first-order chi connectivity index (χ1) is 11.9. The Morgan fingerprint density at radius 1 is 1.35 bits per heavy atom. The zero-order valence-electron chi connectivity index (χ0n) is 14.4. The number of rotatable bonds is 4. The Morgan fingerprint density at radius 3 is 2.62 bits per heavy atom. The van der Waals surface area contributed by atoms with Gasteiger partial charge < -0.3 is 16.0 Å². The van der Waals surface area contributed by atoms with E-state index in [1.54, 1.807) is 11.8 Å². The molecule has 3 rings (SSSR count). The topological polar surface area (TPSA) is 95.7 Å². The van der Waals surface area contributed by atoms with Crippen LogP contribution in [-0.2, 0) is 15.1 Å². The number of hydrogen-bond donors (Lipinski definition) is 2. The summed E-state index contributed by atoms with van der Waals surface area (Å²) in [5.74, 6) is -1.25. The maximum Gasteiger partial charge on any atom is 0.325 e. The lowest BCUT2D eigenvalue weighted by atomic mass is 9.92. The smallest absolute Gasteiger partial charge is 0.325 e. The summed E-state index contributed by atoms with van der Waals surface area (Å²) in [6.07, 6.45) is 1.69. The quantitative estimate of drug-likeness (QED) is 0.756. The van der Waals surface area contributed by atoms with E-state index in [2.05, 4.69) is 5.32 Å². The molecule has 0 aromatic heterocycles. The number of likely N-dealkylation sites (tertiary alicyclic amines) is 1. The van der Waals surface area contributed by atoms with Crippen molar-refractivity contribution in [3.05, 3.63) is 35.6 Å². The second kappa shape index (κ2) is 7.59. The van der Waals surface area contributed by atoms with Crippen LogP contribution in [0.2, 0.25) is 0 Å². The highest BCUT2D eigenvalue weighted by atomic mass is 35.5. The lowest BCUT2D eigenvalue weighted by Crippen LogP contribution is -2.47. The van der Waals surface area contributed by atoms with Gasteiger partial charge in [-0.1, -0.05) is 12.1 Å². The fourth-order valence-corrected chi connectivity index (χ4v) is 3.45. The number of carbonyl (C=O) groups excluding carboxylic acids is 3. The van der Waals surface area contributed by atoms with Crippen molar-refractivity contribution in [3.8, 4) is 0 Å². The molecular weight excluding hydrogens is 363 g/mol. The molecule has 1 aromatic rings. The summed E-state index contributed by atoms with van der Waals surface area (Å²) < 4.78 is 13.1. The summed E-state index contributed by atoms with van der Waals surface area (Å²) in [6.45, 7) is 2.17. The van der Waals surface area contributed by atoms with Gasteiger partial charge in [0.05, 0.1) is 0 Å². The second-order valence-electron chi connectivity index (χ2n) is 6.57. The average Bonchev–Trinajstić information content (AvgIpc) is 3.15. The summed E-state index contributed by atoms with van der Waals surface area (Å²) in [5, 5.41) is 2.61. The largest absolute Gasteiger partial charge is 0.337 e. The van der Waals surface area contributed by atoms with Crippen LogP contribution in [0.1, 0.15) is 25.3 Å². The molecule has 3 N–H and O–H groups in total. The minimum atomic E-state index is -1.32. The molecule has 0 saturated carbocycles. The summed E-state index contributed by atoms with van der Waals surface area (Å²) in [4.78, 5) is 40.1. The fraction of sp³-hybridized carbons (Fsp3) is 0.471. The minimum absolute atomic E-state index is 0. The van der Waals surface area contributed by atoms with E-state index >= 15 is 0 Å². The van der Waals surface area contributed by atoms with Crippen LogP contribution >= 0.6 is 12.4 Å². The molecule has 7 nitrogen and oxygen atoms in total. The molecule has 2 aliphatic rings. The van der Waals surface area contributed by atoms with Crippen LogP contribution in [0, 0.1) is 5.82 Å². The van der Waals surface area contributed by atoms with Gasteiger partial charge in [0, 0.05) is 19.1 Å². The molecule has 0 spiro atoms. The van der Waals surface area contributed by atoms with Crippen molar-refractivity contribution in [3.63, 3.8) is 0 Å². The molecular formula is C17H22ClFN4O3. The molecule has 142 valence electrons. The zero-order chi connectivity index (χ0) is 18.2. The summed E-state index contributed by atoms with van der Waals surface area (Å²) in [5.41, 5.74) is 4.82. The first-order valence-electron chi connectivity index (χ1n) is 8.26. The zero-order valence-corrected chi connectivity index (χ0v) is 15.2. The van der Waals surface area contributed by atoms with E-state index in [-0.39, 0.29) is 30.9 Å². The molecule has 9 heteroatoms. The van der Waals surface area contributed by atoms with Crippen molar-refractivity contribution < 1.29 is 18.8 Å². The Kier molecular flexibility index (Phi) is 5.87. The van der Waals surface area contributed by atoms with Crippen LogP contribution in [0.15, 0.2) is 24.3 Å². The Morgan fingerprint density at radius 2 is 2.00 bits per heavy atom. The van der Waals surface area contributed by atoms with Crippen LogP contribution in [0.25, 0.3) is 0 Å². The lowest BCUT2D eigenvalue weighted by molar-refractivity contribution is -0.139. The number of nitrogens with one attached hydrogen (secondary N) is 1. The van der Waals surface area contributed by atoms with E-state index in [0.717, 1.165) is 17.7 Å². The number of imide groups is 1. The number of carbonyl (C=O) groups is 3. The van der Waals surface area contributed by atoms with Crippen molar-refractivity contribution in [2.75, 3.05) is 19.6 Å². The molecule has 2 heterocycles. The van der Waals surface area contributed by atoms with Gasteiger partial charge in [0.1, 0.15) is 17.9 Å². The van der Waals surface area contributed by atoms with E-state index in [9.17, 15) is 18.8 Å². The Bertz CT molecular complexity index is 714. The molecule has 2 aliphatic heterocycles. The maximum absolute atomic E-state index is 13.1. The highest BCUT2D eigenvalue weighted by molar-refractivity contribution is 6.09. The molecule has 2 saturated heterocycles. The first kappa shape index (κ1) is 20.1. The van der Waals surface area contributed by atoms with E-state index < -0.39 is 23.3 Å². The average molecular weight is 385 g/mol. The van der Waals surface area contributed by atoms with Gasteiger partial charge in [-0.25, -0.2) is 9.18 Å². The number of urea groups is 1. The first-order valence-corrected chi connectivity index (χ1v) is 8.26. The number of nitrogens with two attached hydrogens (primary N) is 1. The van der Waals surface area contributed by atoms with Gasteiger partial charge in [-0.2, -0.15) is 0 Å². The molecule has 0 radical (unpaired) electrons. The van der Waals surface area contributed by atoms with Gasteiger partial charge in [0.2, 0.25) is 5.91 Å². The van der Waals surface area contributed by atoms with Gasteiger partial charge >= 0.3 is 6.03 Å². The third-order valence-corrected chi connectivity index (χ3v) is 4.96. The predicted octanol–water partition coefficient (Wildman–Crippen LogP) is 0.964. The van der Waals surface area contributed by atoms with E-state index in [4.69, 9.17) is 5.73 Å². The molecule has 4 amide bonds. The predicted molar refractivity (Wildman–Crippen MR) is 95.0 cm³/mol. The number of halogens is 2. The monoisotopic (exact) mass is 384 g/mol. The molecule has 0 aliphatic carbocycles. The molecule has 2 atom stereocenters. The lowest BCUT2D eigenvalue weighted by Gasteiger charge is -2.26. The van der Waals surface area contributed by atoms with E-state index in [0.29, 0.717) is 18.7 Å². The highest BCUT2D eigenvalue weighted by Gasteiger charge is 2.50. The molecule has 2 fully saturated rings. The van der Waals surface area contributed by atoms with Gasteiger partial charge in [-0.3, -0.25) is 14.5 Å². The van der Waals surface area contributed by atoms with Crippen LogP contribution < -0.4 is 11.1 Å². The van der Waals surface area contributed by atoms with Crippen LogP contribution in [0.3, 0.4) is 0 Å². The highest BCUT2D eigenvalue weighted by Crippen LogP contribution is 2.29. The van der Waals surface area contributed by atoms with Crippen LogP contribution in [0.4, 0.5) is 9.18 Å². The van der Waals surface area contributed by atoms with Crippen molar-refractivity contribution in [1.29, 1.82) is 0 Å². The number of nitrogens with zero attached hydrogens (tertiary/aromatic N) is 2. The normalized spacial score (nSPS) is 25.3. The van der Waals surface area contributed by atoms with Crippen molar-refractivity contribution in [2.24, 2.45) is 5.73 Å². The Labute approximate surface area is 157 Å². The van der Waals surface area contributed by atoms with Crippen LogP contribution in [-0.4, -0.2) is 53.3 Å². The second-order valence-corrected chi connectivity index (χ2v) is 6.57. The standard InChI is InChI=1S/C17H21FN4O3.ClH/c1-17(11-4-6-12(18)7-5-11)15(24)22(16(25)20-17)10-14(23)21-8-2-3-13(21)9-19;/h4-7,13H,2-3,8-10,19H2,1H3,(H,20,25);1H. The minimum Gasteiger partial charge on any atom is -0.337 e. The molecule has 0 bridgehead atoms. The Hall–Kier alpha value is -2.19. The summed E-state index contributed by atoms with van der Waals surface area (Å²) in [7, 11) is 0. The number of hydrogen-bond acceptors (Lipinski definition) is 4. The van der Waals surface area contributed by atoms with E-state index in [1.165, 1.54) is 24.3 Å². The van der Waals surface area contributed by atoms with Crippen molar-refractivity contribution in [2.45, 2.75) is 31.3 Å². The van der Waals surface area contributed by atoms with E-state index in [1.807, 2.05) is 0 Å². The third-order valence-electron chi connectivity index (χ3n) is 4.96. The van der Waals surface area contributed by atoms with Gasteiger partial charge in [-0.15, -0.1) is 12.4 Å². The maximum atomic E-state index is 13.1. The van der Waals surface area contributed by atoms with Crippen molar-refractivity contribution in [1.82, 2.24) is 15.1 Å². The number of benzene rings is 1. The van der Waals surface area contributed by atoms with Gasteiger partial charge in [0.25, 0.3) is 5.91 Å². The number of amides is 4. The molecule has 2 unspecified atom stereocenters. The van der Waals surface area contributed by atoms with Crippen molar-refractivity contribution >= 4 is 30.3 Å². The molecule has 1 aromatic carbocycles. The van der Waals surface area contributed by atoms with Gasteiger partial charge in [-0.05, 0) is 37.5 Å². The third kappa shape index (κ3) is 3.39. The molecule has 26 heavy (non-hydrogen) atoms. The summed E-state index contributed by atoms with van der Waals surface area (Å²) >= 11 is 0. The summed E-state index contributed by atoms with van der Waals surface area (Å²) in [6, 6.07) is 4.67. The van der Waals surface area contributed by atoms with Gasteiger partial charge in [0.15, 0.2) is 0 Å². The Balaban J connectivity index is 0.00000243.